The van der Waals surface area contributed by atoms with Crippen LogP contribution in [0.15, 0.2) is 22.6 Å². The molecule has 1 saturated carbocycles. The average molecular weight is 323 g/mol. The third-order valence-corrected chi connectivity index (χ3v) is 3.79. The van der Waals surface area contributed by atoms with Crippen molar-refractivity contribution in [3.05, 3.63) is 29.7 Å². The van der Waals surface area contributed by atoms with E-state index >= 15 is 0 Å². The van der Waals surface area contributed by atoms with Crippen molar-refractivity contribution in [1.82, 2.24) is 4.98 Å². The van der Waals surface area contributed by atoms with Gasteiger partial charge in [0.15, 0.2) is 11.5 Å². The number of nitrogens with zero attached hydrogens (tertiary/aromatic N) is 1. The lowest BCUT2D eigenvalue weighted by atomic mass is 10.2. The lowest BCUT2D eigenvalue weighted by Gasteiger charge is -2.12. The topological polar surface area (TPSA) is 44.5 Å². The van der Waals surface area contributed by atoms with Crippen LogP contribution in [0.4, 0.5) is 8.78 Å². The first-order valence-electron chi connectivity index (χ1n) is 7.75. The van der Waals surface area contributed by atoms with Crippen LogP contribution in [0, 0.1) is 12.8 Å². The van der Waals surface area contributed by atoms with Gasteiger partial charge in [-0.1, -0.05) is 6.92 Å². The Labute approximate surface area is 133 Å². The SMILES string of the molecule is CCc1oc(-c2ccc(OC(F)F)c(OCC3CC3)c2)nc1C. The molecule has 1 aliphatic rings. The number of hydrogen-bond acceptors (Lipinski definition) is 4. The second kappa shape index (κ2) is 6.56. The van der Waals surface area contributed by atoms with Crippen molar-refractivity contribution in [3.8, 4) is 23.0 Å². The summed E-state index contributed by atoms with van der Waals surface area (Å²) in [4.78, 5) is 4.38. The Hall–Kier alpha value is -2.11. The van der Waals surface area contributed by atoms with E-state index in [0.717, 1.165) is 30.7 Å². The van der Waals surface area contributed by atoms with Gasteiger partial charge in [0.25, 0.3) is 0 Å². The molecule has 0 atom stereocenters. The average Bonchev–Trinajstić information content (AvgIpc) is 3.27. The lowest BCUT2D eigenvalue weighted by molar-refractivity contribution is -0.0515. The third kappa shape index (κ3) is 3.81. The minimum absolute atomic E-state index is 0.0309. The van der Waals surface area contributed by atoms with E-state index in [9.17, 15) is 8.78 Å². The molecule has 0 unspecified atom stereocenters. The number of ether oxygens (including phenoxy) is 2. The second-order valence-corrected chi connectivity index (χ2v) is 5.68. The van der Waals surface area contributed by atoms with E-state index in [0.29, 0.717) is 29.7 Å². The summed E-state index contributed by atoms with van der Waals surface area (Å²) in [5, 5.41) is 0. The number of halogens is 2. The maximum Gasteiger partial charge on any atom is 0.387 e. The Morgan fingerprint density at radius 2 is 2.09 bits per heavy atom. The maximum atomic E-state index is 12.5. The summed E-state index contributed by atoms with van der Waals surface area (Å²) >= 11 is 0. The predicted molar refractivity (Wildman–Crippen MR) is 80.9 cm³/mol. The Balaban J connectivity index is 1.88. The zero-order chi connectivity index (χ0) is 16.4. The molecule has 1 aromatic heterocycles. The van der Waals surface area contributed by atoms with E-state index in [-0.39, 0.29) is 5.75 Å². The van der Waals surface area contributed by atoms with Crippen LogP contribution >= 0.6 is 0 Å². The number of benzene rings is 1. The van der Waals surface area contributed by atoms with Gasteiger partial charge in [0.1, 0.15) is 5.76 Å². The highest BCUT2D eigenvalue weighted by Crippen LogP contribution is 2.36. The number of oxazole rings is 1. The third-order valence-electron chi connectivity index (χ3n) is 3.79. The van der Waals surface area contributed by atoms with Crippen molar-refractivity contribution in [2.75, 3.05) is 6.61 Å². The number of rotatable bonds is 7. The summed E-state index contributed by atoms with van der Waals surface area (Å²) in [6.45, 7) is 1.49. The van der Waals surface area contributed by atoms with Crippen LogP contribution in [0.25, 0.3) is 11.5 Å². The standard InChI is InChI=1S/C17H19F2NO3/c1-3-13-10(2)20-16(22-13)12-6-7-14(23-17(18)19)15(8-12)21-9-11-4-5-11/h6-8,11,17H,3-5,9H2,1-2H3. The first-order valence-corrected chi connectivity index (χ1v) is 7.75. The molecule has 1 heterocycles. The van der Waals surface area contributed by atoms with Crippen LogP contribution in [0.3, 0.4) is 0 Å². The molecular formula is C17H19F2NO3. The molecule has 6 heteroatoms. The van der Waals surface area contributed by atoms with Crippen molar-refractivity contribution in [1.29, 1.82) is 0 Å². The van der Waals surface area contributed by atoms with Gasteiger partial charge >= 0.3 is 6.61 Å². The van der Waals surface area contributed by atoms with Crippen molar-refractivity contribution >= 4 is 0 Å². The smallest absolute Gasteiger partial charge is 0.387 e. The largest absolute Gasteiger partial charge is 0.489 e. The molecule has 0 saturated heterocycles. The molecule has 124 valence electrons. The van der Waals surface area contributed by atoms with E-state index in [2.05, 4.69) is 9.72 Å². The van der Waals surface area contributed by atoms with Crippen LogP contribution < -0.4 is 9.47 Å². The molecule has 4 nitrogen and oxygen atoms in total. The van der Waals surface area contributed by atoms with Gasteiger partial charge in [0.2, 0.25) is 5.89 Å². The molecular weight excluding hydrogens is 304 g/mol. The lowest BCUT2D eigenvalue weighted by Crippen LogP contribution is -2.06. The van der Waals surface area contributed by atoms with Crippen LogP contribution in [-0.2, 0) is 6.42 Å². The number of aryl methyl sites for hydroxylation is 2. The predicted octanol–water partition coefficient (Wildman–Crippen LogP) is 4.60. The summed E-state index contributed by atoms with van der Waals surface area (Å²) in [5.74, 6) is 2.10. The Morgan fingerprint density at radius 1 is 1.30 bits per heavy atom. The number of aromatic nitrogens is 1. The van der Waals surface area contributed by atoms with Gasteiger partial charge in [0.05, 0.1) is 12.3 Å². The van der Waals surface area contributed by atoms with E-state index < -0.39 is 6.61 Å². The molecule has 1 aliphatic carbocycles. The first-order chi connectivity index (χ1) is 11.1. The van der Waals surface area contributed by atoms with Crippen molar-refractivity contribution < 1.29 is 22.7 Å². The van der Waals surface area contributed by atoms with Gasteiger partial charge in [-0.05, 0) is 43.9 Å². The molecule has 0 N–H and O–H groups in total. The highest BCUT2D eigenvalue weighted by atomic mass is 19.3. The highest BCUT2D eigenvalue weighted by Gasteiger charge is 2.23. The summed E-state index contributed by atoms with van der Waals surface area (Å²) in [6, 6.07) is 4.76. The minimum Gasteiger partial charge on any atom is -0.489 e. The molecule has 1 aromatic carbocycles. The molecule has 23 heavy (non-hydrogen) atoms. The summed E-state index contributed by atoms with van der Waals surface area (Å²) in [7, 11) is 0. The number of alkyl halides is 2. The van der Waals surface area contributed by atoms with Gasteiger partial charge in [0, 0.05) is 12.0 Å². The number of hydrogen-bond donors (Lipinski definition) is 0. The van der Waals surface area contributed by atoms with E-state index in [1.807, 2.05) is 13.8 Å². The van der Waals surface area contributed by atoms with Gasteiger partial charge in [-0.2, -0.15) is 8.78 Å². The first kappa shape index (κ1) is 15.8. The van der Waals surface area contributed by atoms with Crippen molar-refractivity contribution in [2.24, 2.45) is 5.92 Å². The fourth-order valence-electron chi connectivity index (χ4n) is 2.32. The van der Waals surface area contributed by atoms with Gasteiger partial charge in [-0.15, -0.1) is 0 Å². The molecule has 0 amide bonds. The van der Waals surface area contributed by atoms with Crippen LogP contribution in [-0.4, -0.2) is 18.2 Å². The summed E-state index contributed by atoms with van der Waals surface area (Å²) in [5.41, 5.74) is 1.51. The van der Waals surface area contributed by atoms with Gasteiger partial charge in [-0.25, -0.2) is 4.98 Å². The van der Waals surface area contributed by atoms with E-state index in [4.69, 9.17) is 9.15 Å². The van der Waals surface area contributed by atoms with Crippen LogP contribution in [0.1, 0.15) is 31.2 Å². The zero-order valence-corrected chi connectivity index (χ0v) is 13.1. The van der Waals surface area contributed by atoms with Crippen LogP contribution in [0.5, 0.6) is 11.5 Å². The zero-order valence-electron chi connectivity index (χ0n) is 13.1. The molecule has 1 fully saturated rings. The summed E-state index contributed by atoms with van der Waals surface area (Å²) < 4.78 is 41.0. The molecule has 0 spiro atoms. The van der Waals surface area contributed by atoms with Gasteiger partial charge in [-0.3, -0.25) is 0 Å². The van der Waals surface area contributed by atoms with Crippen molar-refractivity contribution in [3.63, 3.8) is 0 Å². The Kier molecular flexibility index (Phi) is 4.50. The fourth-order valence-corrected chi connectivity index (χ4v) is 2.32. The minimum atomic E-state index is -2.89. The Bertz CT molecular complexity index is 680. The highest BCUT2D eigenvalue weighted by molar-refractivity contribution is 5.60. The maximum absolute atomic E-state index is 12.5. The van der Waals surface area contributed by atoms with Gasteiger partial charge < -0.3 is 13.9 Å². The fraction of sp³-hybridized carbons (Fsp3) is 0.471. The Morgan fingerprint density at radius 3 is 2.70 bits per heavy atom. The second-order valence-electron chi connectivity index (χ2n) is 5.68. The van der Waals surface area contributed by atoms with Crippen LogP contribution in [0.2, 0.25) is 0 Å². The molecule has 3 rings (SSSR count). The summed E-state index contributed by atoms with van der Waals surface area (Å²) in [6.07, 6.45) is 2.98. The normalized spacial score (nSPS) is 14.3. The molecule has 0 aliphatic heterocycles. The van der Waals surface area contributed by atoms with Crippen molar-refractivity contribution in [2.45, 2.75) is 39.7 Å². The van der Waals surface area contributed by atoms with E-state index in [1.165, 1.54) is 6.07 Å². The molecule has 0 bridgehead atoms. The molecule has 0 radical (unpaired) electrons. The molecule has 2 aromatic rings. The quantitative estimate of drug-likeness (QED) is 0.747. The monoisotopic (exact) mass is 323 g/mol. The van der Waals surface area contributed by atoms with E-state index in [1.54, 1.807) is 12.1 Å².